The summed E-state index contributed by atoms with van der Waals surface area (Å²) in [7, 11) is 0. The molecule has 2 fully saturated rings. The quantitative estimate of drug-likeness (QED) is 0.893. The molecule has 132 valence electrons. The van der Waals surface area contributed by atoms with E-state index in [1.165, 1.54) is 11.1 Å². The average Bonchev–Trinajstić information content (AvgIpc) is 2.58. The van der Waals surface area contributed by atoms with E-state index < -0.39 is 0 Å². The Balaban J connectivity index is 1.43. The molecule has 3 rings (SSSR count). The number of rotatable bonds is 4. The molecule has 3 N–H and O–H groups in total. The standard InChI is InChI=1S/C20H31N3O/c1-15-5-2-3-6-17(15)14-23-11-9-19(10-12-23)22-20(24)16-7-4-8-18(21)13-16/h2-3,5-6,16,18-19H,4,7-14,21H2,1H3,(H,22,24). The summed E-state index contributed by atoms with van der Waals surface area (Å²) in [5.41, 5.74) is 8.79. The normalized spacial score (nSPS) is 26.2. The lowest BCUT2D eigenvalue weighted by Crippen LogP contribution is -2.47. The molecule has 1 aliphatic carbocycles. The van der Waals surface area contributed by atoms with Crippen molar-refractivity contribution in [1.82, 2.24) is 10.2 Å². The molecule has 1 aliphatic heterocycles. The Morgan fingerprint density at radius 3 is 2.67 bits per heavy atom. The van der Waals surface area contributed by atoms with Gasteiger partial charge in [0.2, 0.25) is 5.91 Å². The molecular formula is C20H31N3O. The zero-order valence-electron chi connectivity index (χ0n) is 14.8. The summed E-state index contributed by atoms with van der Waals surface area (Å²) in [6, 6.07) is 9.16. The molecule has 4 heteroatoms. The third-order valence-corrected chi connectivity index (χ3v) is 5.67. The topological polar surface area (TPSA) is 58.4 Å². The van der Waals surface area contributed by atoms with E-state index in [0.717, 1.165) is 58.2 Å². The summed E-state index contributed by atoms with van der Waals surface area (Å²) >= 11 is 0. The molecule has 24 heavy (non-hydrogen) atoms. The molecule has 1 aromatic carbocycles. The molecule has 2 atom stereocenters. The maximum absolute atomic E-state index is 12.4. The van der Waals surface area contributed by atoms with E-state index in [1.807, 2.05) is 0 Å². The second-order valence-corrected chi connectivity index (χ2v) is 7.61. The molecule has 0 spiro atoms. The third kappa shape index (κ3) is 4.58. The Kier molecular flexibility index (Phi) is 5.90. The van der Waals surface area contributed by atoms with E-state index in [-0.39, 0.29) is 17.9 Å². The van der Waals surface area contributed by atoms with Crippen LogP contribution >= 0.6 is 0 Å². The second kappa shape index (κ2) is 8.13. The smallest absolute Gasteiger partial charge is 0.223 e. The fourth-order valence-corrected chi connectivity index (χ4v) is 4.05. The molecule has 4 nitrogen and oxygen atoms in total. The van der Waals surface area contributed by atoms with Gasteiger partial charge in [0.05, 0.1) is 0 Å². The number of nitrogens with two attached hydrogens (primary N) is 1. The highest BCUT2D eigenvalue weighted by molar-refractivity contribution is 5.79. The van der Waals surface area contributed by atoms with Crippen LogP contribution in [0.5, 0.6) is 0 Å². The number of nitrogens with zero attached hydrogens (tertiary/aromatic N) is 1. The molecule has 0 bridgehead atoms. The van der Waals surface area contributed by atoms with Crippen molar-refractivity contribution in [3.8, 4) is 0 Å². The van der Waals surface area contributed by atoms with Crippen molar-refractivity contribution >= 4 is 5.91 Å². The fourth-order valence-electron chi connectivity index (χ4n) is 4.05. The van der Waals surface area contributed by atoms with Crippen molar-refractivity contribution < 1.29 is 4.79 Å². The lowest BCUT2D eigenvalue weighted by molar-refractivity contribution is -0.127. The predicted molar refractivity (Wildman–Crippen MR) is 97.6 cm³/mol. The number of nitrogens with one attached hydrogen (secondary N) is 1. The highest BCUT2D eigenvalue weighted by Crippen LogP contribution is 2.24. The number of aryl methyl sites for hydroxylation is 1. The molecular weight excluding hydrogens is 298 g/mol. The van der Waals surface area contributed by atoms with Gasteiger partial charge in [0, 0.05) is 37.6 Å². The fraction of sp³-hybridized carbons (Fsp3) is 0.650. The molecule has 1 heterocycles. The maximum atomic E-state index is 12.4. The summed E-state index contributed by atoms with van der Waals surface area (Å²) < 4.78 is 0. The predicted octanol–water partition coefficient (Wildman–Crippen LogP) is 2.59. The number of benzene rings is 1. The Labute approximate surface area is 145 Å². The monoisotopic (exact) mass is 329 g/mol. The SMILES string of the molecule is Cc1ccccc1CN1CCC(NC(=O)C2CCCC(N)C2)CC1. The molecule has 0 aromatic heterocycles. The minimum Gasteiger partial charge on any atom is -0.353 e. The van der Waals surface area contributed by atoms with Crippen LogP contribution in [0.15, 0.2) is 24.3 Å². The summed E-state index contributed by atoms with van der Waals surface area (Å²) in [5, 5.41) is 3.28. The number of piperidine rings is 1. The number of amides is 1. The van der Waals surface area contributed by atoms with Crippen LogP contribution in [-0.4, -0.2) is 36.0 Å². The lowest BCUT2D eigenvalue weighted by atomic mass is 9.85. The van der Waals surface area contributed by atoms with Crippen molar-refractivity contribution in [2.75, 3.05) is 13.1 Å². The van der Waals surface area contributed by atoms with Crippen LogP contribution < -0.4 is 11.1 Å². The summed E-state index contributed by atoms with van der Waals surface area (Å²) in [6.45, 7) is 5.31. The van der Waals surface area contributed by atoms with Gasteiger partial charge in [0.15, 0.2) is 0 Å². The summed E-state index contributed by atoms with van der Waals surface area (Å²) in [4.78, 5) is 15.0. The molecule has 1 saturated heterocycles. The number of hydrogen-bond donors (Lipinski definition) is 2. The first kappa shape index (κ1) is 17.4. The van der Waals surface area contributed by atoms with E-state index >= 15 is 0 Å². The van der Waals surface area contributed by atoms with Gasteiger partial charge in [-0.1, -0.05) is 30.7 Å². The van der Waals surface area contributed by atoms with E-state index in [0.29, 0.717) is 6.04 Å². The molecule has 1 saturated carbocycles. The van der Waals surface area contributed by atoms with E-state index in [2.05, 4.69) is 41.4 Å². The van der Waals surface area contributed by atoms with Crippen molar-refractivity contribution in [2.24, 2.45) is 11.7 Å². The van der Waals surface area contributed by atoms with Gasteiger partial charge in [-0.05, 0) is 50.2 Å². The average molecular weight is 329 g/mol. The van der Waals surface area contributed by atoms with E-state index in [1.54, 1.807) is 0 Å². The Morgan fingerprint density at radius 1 is 1.21 bits per heavy atom. The van der Waals surface area contributed by atoms with Crippen molar-refractivity contribution in [3.05, 3.63) is 35.4 Å². The highest BCUT2D eigenvalue weighted by Gasteiger charge is 2.28. The minimum absolute atomic E-state index is 0.138. The van der Waals surface area contributed by atoms with E-state index in [4.69, 9.17) is 5.73 Å². The van der Waals surface area contributed by atoms with Crippen molar-refractivity contribution in [1.29, 1.82) is 0 Å². The van der Waals surface area contributed by atoms with Crippen LogP contribution in [0.4, 0.5) is 0 Å². The van der Waals surface area contributed by atoms with Gasteiger partial charge in [-0.3, -0.25) is 9.69 Å². The number of hydrogen-bond acceptors (Lipinski definition) is 3. The zero-order valence-corrected chi connectivity index (χ0v) is 14.8. The Bertz CT molecular complexity index is 552. The highest BCUT2D eigenvalue weighted by atomic mass is 16.1. The maximum Gasteiger partial charge on any atom is 0.223 e. The largest absolute Gasteiger partial charge is 0.353 e. The lowest BCUT2D eigenvalue weighted by Gasteiger charge is -2.34. The molecule has 2 unspecified atom stereocenters. The van der Waals surface area contributed by atoms with Crippen LogP contribution in [0.3, 0.4) is 0 Å². The minimum atomic E-state index is 0.138. The summed E-state index contributed by atoms with van der Waals surface area (Å²) in [6.07, 6.45) is 6.13. The van der Waals surface area contributed by atoms with Crippen molar-refractivity contribution in [3.63, 3.8) is 0 Å². The third-order valence-electron chi connectivity index (χ3n) is 5.67. The van der Waals surface area contributed by atoms with Gasteiger partial charge in [-0.25, -0.2) is 0 Å². The van der Waals surface area contributed by atoms with Crippen LogP contribution in [0.1, 0.15) is 49.7 Å². The first-order valence-corrected chi connectivity index (χ1v) is 9.44. The molecule has 0 radical (unpaired) electrons. The van der Waals surface area contributed by atoms with Crippen LogP contribution in [0.2, 0.25) is 0 Å². The number of carbonyl (C=O) groups is 1. The van der Waals surface area contributed by atoms with Gasteiger partial charge >= 0.3 is 0 Å². The van der Waals surface area contributed by atoms with Gasteiger partial charge in [0.1, 0.15) is 0 Å². The number of likely N-dealkylation sites (tertiary alicyclic amines) is 1. The van der Waals surface area contributed by atoms with Gasteiger partial charge in [-0.15, -0.1) is 0 Å². The summed E-state index contributed by atoms with van der Waals surface area (Å²) in [5.74, 6) is 0.376. The van der Waals surface area contributed by atoms with Gasteiger partial charge in [-0.2, -0.15) is 0 Å². The van der Waals surface area contributed by atoms with E-state index in [9.17, 15) is 4.79 Å². The first-order chi connectivity index (χ1) is 11.6. The van der Waals surface area contributed by atoms with Gasteiger partial charge in [0.25, 0.3) is 0 Å². The molecule has 1 aromatic rings. The molecule has 1 amide bonds. The van der Waals surface area contributed by atoms with Crippen molar-refractivity contribution in [2.45, 2.75) is 64.1 Å². The molecule has 2 aliphatic rings. The van der Waals surface area contributed by atoms with Gasteiger partial charge < -0.3 is 11.1 Å². The van der Waals surface area contributed by atoms with Crippen LogP contribution in [0.25, 0.3) is 0 Å². The second-order valence-electron chi connectivity index (χ2n) is 7.61. The van der Waals surface area contributed by atoms with Crippen LogP contribution in [0, 0.1) is 12.8 Å². The first-order valence-electron chi connectivity index (χ1n) is 9.44. The number of carbonyl (C=O) groups excluding carboxylic acids is 1. The Morgan fingerprint density at radius 2 is 1.96 bits per heavy atom. The zero-order chi connectivity index (χ0) is 16.9. The Hall–Kier alpha value is -1.39. The van der Waals surface area contributed by atoms with Crippen LogP contribution in [-0.2, 0) is 11.3 Å².